The Balaban J connectivity index is 1.99. The Labute approximate surface area is 159 Å². The average molecular weight is 389 g/mol. The van der Waals surface area contributed by atoms with Crippen LogP contribution in [0, 0.1) is 10.1 Å². The van der Waals surface area contributed by atoms with Gasteiger partial charge in [-0.15, -0.1) is 11.8 Å². The van der Waals surface area contributed by atoms with Gasteiger partial charge in [0.25, 0.3) is 5.69 Å². The van der Waals surface area contributed by atoms with Crippen LogP contribution in [0.25, 0.3) is 10.9 Å². The van der Waals surface area contributed by atoms with Crippen molar-refractivity contribution < 1.29 is 14.5 Å². The molecule has 0 N–H and O–H groups in total. The summed E-state index contributed by atoms with van der Waals surface area (Å²) in [6, 6.07) is 3.24. The Kier molecular flexibility index (Phi) is 4.55. The van der Waals surface area contributed by atoms with Crippen LogP contribution in [0.1, 0.15) is 36.2 Å². The number of hydrogen-bond donors (Lipinski definition) is 0. The van der Waals surface area contributed by atoms with E-state index in [2.05, 4.69) is 0 Å². The van der Waals surface area contributed by atoms with Crippen molar-refractivity contribution in [3.63, 3.8) is 0 Å². The van der Waals surface area contributed by atoms with E-state index in [0.29, 0.717) is 17.1 Å². The molecule has 0 bridgehead atoms. The highest BCUT2D eigenvalue weighted by Gasteiger charge is 2.30. The first-order valence-electron chi connectivity index (χ1n) is 8.88. The number of carbonyl (C=O) groups excluding carboxylic acids is 1. The first-order chi connectivity index (χ1) is 13.0. The zero-order chi connectivity index (χ0) is 19.1. The van der Waals surface area contributed by atoms with Crippen LogP contribution in [-0.2, 0) is 4.74 Å². The summed E-state index contributed by atoms with van der Waals surface area (Å²) in [4.78, 5) is 38.3. The third-order valence-electron chi connectivity index (χ3n) is 4.85. The van der Waals surface area contributed by atoms with Crippen molar-refractivity contribution in [2.75, 3.05) is 29.7 Å². The van der Waals surface area contributed by atoms with Gasteiger partial charge in [0, 0.05) is 30.6 Å². The molecule has 1 aliphatic heterocycles. The van der Waals surface area contributed by atoms with E-state index in [1.165, 1.54) is 6.07 Å². The van der Waals surface area contributed by atoms with Crippen LogP contribution in [0.3, 0.4) is 0 Å². The fraction of sp³-hybridized carbons (Fsp3) is 0.444. The Hall–Kier alpha value is -2.55. The van der Waals surface area contributed by atoms with Gasteiger partial charge in [0.05, 0.1) is 28.3 Å². The molecule has 0 atom stereocenters. The van der Waals surface area contributed by atoms with E-state index in [1.54, 1.807) is 30.9 Å². The third kappa shape index (κ3) is 3.16. The van der Waals surface area contributed by atoms with Gasteiger partial charge in [0.2, 0.25) is 5.43 Å². The molecule has 9 heteroatoms. The summed E-state index contributed by atoms with van der Waals surface area (Å²) >= 11 is 1.71. The molecule has 0 unspecified atom stereocenters. The smallest absolute Gasteiger partial charge is 0.343 e. The van der Waals surface area contributed by atoms with Gasteiger partial charge < -0.3 is 14.2 Å². The van der Waals surface area contributed by atoms with Crippen molar-refractivity contribution in [3.05, 3.63) is 44.2 Å². The van der Waals surface area contributed by atoms with Crippen molar-refractivity contribution >= 4 is 40.0 Å². The second-order valence-corrected chi connectivity index (χ2v) is 7.72. The van der Waals surface area contributed by atoms with Gasteiger partial charge in [-0.2, -0.15) is 0 Å². The molecule has 1 aliphatic carbocycles. The molecule has 142 valence electrons. The van der Waals surface area contributed by atoms with Gasteiger partial charge in [-0.1, -0.05) is 0 Å². The molecule has 1 aromatic carbocycles. The van der Waals surface area contributed by atoms with Gasteiger partial charge >= 0.3 is 5.97 Å². The minimum absolute atomic E-state index is 0.0740. The summed E-state index contributed by atoms with van der Waals surface area (Å²) in [5, 5.41) is 11.8. The van der Waals surface area contributed by atoms with E-state index in [1.807, 2.05) is 9.47 Å². The van der Waals surface area contributed by atoms with Gasteiger partial charge in [-0.25, -0.2) is 4.79 Å². The molecule has 0 amide bonds. The topological polar surface area (TPSA) is 94.7 Å². The molecular weight excluding hydrogens is 370 g/mol. The fourth-order valence-corrected chi connectivity index (χ4v) is 4.35. The molecule has 1 saturated carbocycles. The number of anilines is 1. The maximum absolute atomic E-state index is 12.9. The molecule has 0 radical (unpaired) electrons. The highest BCUT2D eigenvalue weighted by molar-refractivity contribution is 7.99. The van der Waals surface area contributed by atoms with Gasteiger partial charge in [0.1, 0.15) is 11.3 Å². The van der Waals surface area contributed by atoms with Crippen LogP contribution in [0.4, 0.5) is 11.4 Å². The van der Waals surface area contributed by atoms with Crippen molar-refractivity contribution in [2.24, 2.45) is 0 Å². The number of ether oxygens (including phenoxy) is 1. The molecule has 2 aromatic rings. The number of carbonyl (C=O) groups is 1. The van der Waals surface area contributed by atoms with E-state index in [-0.39, 0.29) is 29.3 Å². The Morgan fingerprint density at radius 2 is 2.19 bits per heavy atom. The van der Waals surface area contributed by atoms with Crippen LogP contribution in [0.2, 0.25) is 0 Å². The molecule has 0 spiro atoms. The molecule has 8 nitrogen and oxygen atoms in total. The number of rotatable bonds is 5. The first kappa shape index (κ1) is 17.8. The standard InChI is InChI=1S/C18H19N3O5S/c1-2-26-18(23)13-9-20(11-3-4-11)14-8-15(19-5-6-27-10-19)16(21(24)25)7-12(14)17(13)22/h7-9,11H,2-6,10H2,1H3. The molecular formula is C18H19N3O5S. The number of pyridine rings is 1. The minimum atomic E-state index is -0.693. The summed E-state index contributed by atoms with van der Waals surface area (Å²) in [5.74, 6) is 0.898. The lowest BCUT2D eigenvalue weighted by atomic mass is 10.1. The van der Waals surface area contributed by atoms with Crippen LogP contribution in [0.5, 0.6) is 0 Å². The molecule has 1 saturated heterocycles. The number of nitrogens with zero attached hydrogens (tertiary/aromatic N) is 3. The zero-order valence-corrected chi connectivity index (χ0v) is 15.7. The number of nitro groups is 1. The Morgan fingerprint density at radius 3 is 2.78 bits per heavy atom. The van der Waals surface area contributed by atoms with Crippen LogP contribution in [0.15, 0.2) is 23.1 Å². The normalized spacial score (nSPS) is 16.7. The maximum Gasteiger partial charge on any atom is 0.343 e. The second-order valence-electron chi connectivity index (χ2n) is 6.65. The predicted molar refractivity (Wildman–Crippen MR) is 104 cm³/mol. The van der Waals surface area contributed by atoms with Crippen LogP contribution >= 0.6 is 11.8 Å². The molecule has 2 fully saturated rings. The number of aromatic nitrogens is 1. The van der Waals surface area contributed by atoms with E-state index in [0.717, 1.165) is 25.1 Å². The number of thioether (sulfide) groups is 1. The number of nitro benzene ring substituents is 1. The fourth-order valence-electron chi connectivity index (χ4n) is 3.39. The predicted octanol–water partition coefficient (Wildman–Crippen LogP) is 2.93. The van der Waals surface area contributed by atoms with Crippen molar-refractivity contribution in [1.29, 1.82) is 0 Å². The number of esters is 1. The highest BCUT2D eigenvalue weighted by Crippen LogP contribution is 2.40. The first-order valence-corrected chi connectivity index (χ1v) is 10.0. The number of hydrogen-bond acceptors (Lipinski definition) is 7. The van der Waals surface area contributed by atoms with Gasteiger partial charge in [-0.3, -0.25) is 14.9 Å². The van der Waals surface area contributed by atoms with Crippen molar-refractivity contribution in [3.8, 4) is 0 Å². The SMILES string of the molecule is CCOC(=O)c1cn(C2CC2)c2cc(N3CCSC3)c([N+](=O)[O-])cc2c1=O. The molecule has 2 aliphatic rings. The zero-order valence-electron chi connectivity index (χ0n) is 14.8. The summed E-state index contributed by atoms with van der Waals surface area (Å²) in [7, 11) is 0. The lowest BCUT2D eigenvalue weighted by Gasteiger charge is -2.19. The van der Waals surface area contributed by atoms with Crippen molar-refractivity contribution in [2.45, 2.75) is 25.8 Å². The lowest BCUT2D eigenvalue weighted by molar-refractivity contribution is -0.384. The number of fused-ring (bicyclic) bond motifs is 1. The molecule has 1 aromatic heterocycles. The average Bonchev–Trinajstić information content (AvgIpc) is 3.34. The van der Waals surface area contributed by atoms with Gasteiger partial charge in [-0.05, 0) is 25.8 Å². The molecule has 27 heavy (non-hydrogen) atoms. The highest BCUT2D eigenvalue weighted by atomic mass is 32.2. The van der Waals surface area contributed by atoms with E-state index >= 15 is 0 Å². The minimum Gasteiger partial charge on any atom is -0.462 e. The lowest BCUT2D eigenvalue weighted by Crippen LogP contribution is -2.23. The van der Waals surface area contributed by atoms with E-state index in [9.17, 15) is 19.7 Å². The van der Waals surface area contributed by atoms with Crippen molar-refractivity contribution in [1.82, 2.24) is 4.57 Å². The second kappa shape index (κ2) is 6.88. The van der Waals surface area contributed by atoms with E-state index < -0.39 is 16.3 Å². The quantitative estimate of drug-likeness (QED) is 0.441. The molecule has 4 rings (SSSR count). The summed E-state index contributed by atoms with van der Waals surface area (Å²) in [5.41, 5.74) is 0.453. The summed E-state index contributed by atoms with van der Waals surface area (Å²) < 4.78 is 6.90. The molecule has 2 heterocycles. The van der Waals surface area contributed by atoms with Crippen LogP contribution in [-0.4, -0.2) is 40.2 Å². The van der Waals surface area contributed by atoms with Crippen LogP contribution < -0.4 is 10.3 Å². The summed E-state index contributed by atoms with van der Waals surface area (Å²) in [6.45, 7) is 2.56. The third-order valence-corrected chi connectivity index (χ3v) is 5.82. The maximum atomic E-state index is 12.9. The largest absolute Gasteiger partial charge is 0.462 e. The summed E-state index contributed by atoms with van der Waals surface area (Å²) in [6.07, 6.45) is 3.45. The monoisotopic (exact) mass is 389 g/mol. The van der Waals surface area contributed by atoms with Gasteiger partial charge in [0.15, 0.2) is 0 Å². The van der Waals surface area contributed by atoms with E-state index in [4.69, 9.17) is 4.74 Å². The Morgan fingerprint density at radius 1 is 1.41 bits per heavy atom. The Bertz CT molecular complexity index is 993. The number of benzene rings is 1.